The Labute approximate surface area is 55.5 Å². The lowest BCUT2D eigenvalue weighted by Gasteiger charge is -2.24. The lowest BCUT2D eigenvalue weighted by Crippen LogP contribution is -2.36. The SMILES string of the molecule is CC1C(O)C2CCN1C2. The molecule has 0 radical (unpaired) electrons. The van der Waals surface area contributed by atoms with Crippen molar-refractivity contribution in [3.8, 4) is 0 Å². The van der Waals surface area contributed by atoms with Crippen molar-refractivity contribution < 1.29 is 5.11 Å². The lowest BCUT2D eigenvalue weighted by molar-refractivity contribution is 0.0752. The molecule has 2 bridgehead atoms. The van der Waals surface area contributed by atoms with Gasteiger partial charge >= 0.3 is 0 Å². The Morgan fingerprint density at radius 2 is 2.33 bits per heavy atom. The highest BCUT2D eigenvalue weighted by atomic mass is 16.3. The second kappa shape index (κ2) is 1.70. The zero-order chi connectivity index (χ0) is 6.43. The third-order valence-corrected chi connectivity index (χ3v) is 2.81. The Balaban J connectivity index is 2.15. The molecule has 0 aromatic carbocycles. The van der Waals surface area contributed by atoms with Gasteiger partial charge in [0.05, 0.1) is 6.10 Å². The molecule has 0 amide bonds. The van der Waals surface area contributed by atoms with Gasteiger partial charge < -0.3 is 5.11 Å². The molecule has 2 heterocycles. The molecule has 2 aliphatic rings. The van der Waals surface area contributed by atoms with E-state index in [9.17, 15) is 5.11 Å². The fraction of sp³-hybridized carbons (Fsp3) is 1.00. The lowest BCUT2D eigenvalue weighted by atomic mass is 9.98. The molecule has 2 fully saturated rings. The molecule has 0 saturated carbocycles. The number of nitrogens with zero attached hydrogens (tertiary/aromatic N) is 1. The quantitative estimate of drug-likeness (QED) is 0.498. The first kappa shape index (κ1) is 5.69. The summed E-state index contributed by atoms with van der Waals surface area (Å²) >= 11 is 0. The Hall–Kier alpha value is -0.0800. The maximum atomic E-state index is 9.45. The molecular formula is C7H13NO. The van der Waals surface area contributed by atoms with Crippen LogP contribution in [0, 0.1) is 5.92 Å². The number of hydrogen-bond donors (Lipinski definition) is 1. The number of aliphatic hydroxyl groups excluding tert-OH is 1. The number of aliphatic hydroxyl groups is 1. The zero-order valence-corrected chi connectivity index (χ0v) is 5.75. The van der Waals surface area contributed by atoms with Crippen LogP contribution in [-0.2, 0) is 0 Å². The predicted molar refractivity (Wildman–Crippen MR) is 35.1 cm³/mol. The molecule has 0 aromatic heterocycles. The van der Waals surface area contributed by atoms with Crippen LogP contribution in [0.1, 0.15) is 13.3 Å². The molecule has 4 unspecified atom stereocenters. The van der Waals surface area contributed by atoms with E-state index in [4.69, 9.17) is 0 Å². The first-order valence-electron chi connectivity index (χ1n) is 3.71. The van der Waals surface area contributed by atoms with Crippen LogP contribution in [0.4, 0.5) is 0 Å². The van der Waals surface area contributed by atoms with Gasteiger partial charge in [-0.1, -0.05) is 0 Å². The molecule has 4 atom stereocenters. The maximum Gasteiger partial charge on any atom is 0.0733 e. The summed E-state index contributed by atoms with van der Waals surface area (Å²) in [5, 5.41) is 9.45. The summed E-state index contributed by atoms with van der Waals surface area (Å²) in [5.74, 6) is 0.597. The molecule has 52 valence electrons. The summed E-state index contributed by atoms with van der Waals surface area (Å²) in [4.78, 5) is 2.37. The first-order chi connectivity index (χ1) is 4.29. The summed E-state index contributed by atoms with van der Waals surface area (Å²) in [7, 11) is 0. The van der Waals surface area contributed by atoms with Gasteiger partial charge in [0.15, 0.2) is 0 Å². The van der Waals surface area contributed by atoms with Crippen molar-refractivity contribution in [2.24, 2.45) is 5.92 Å². The summed E-state index contributed by atoms with van der Waals surface area (Å²) in [6.07, 6.45) is 1.18. The summed E-state index contributed by atoms with van der Waals surface area (Å²) in [6.45, 7) is 4.47. The maximum absolute atomic E-state index is 9.45. The van der Waals surface area contributed by atoms with Crippen LogP contribution >= 0.6 is 0 Å². The smallest absolute Gasteiger partial charge is 0.0733 e. The normalized spacial score (nSPS) is 56.7. The van der Waals surface area contributed by atoms with Gasteiger partial charge in [-0.3, -0.25) is 4.90 Å². The van der Waals surface area contributed by atoms with E-state index < -0.39 is 0 Å². The minimum absolute atomic E-state index is 0.0289. The fourth-order valence-corrected chi connectivity index (χ4v) is 2.07. The Bertz CT molecular complexity index is 108. The minimum Gasteiger partial charge on any atom is -0.391 e. The van der Waals surface area contributed by atoms with E-state index in [0.29, 0.717) is 12.0 Å². The highest BCUT2D eigenvalue weighted by molar-refractivity contribution is 4.96. The van der Waals surface area contributed by atoms with E-state index in [1.54, 1.807) is 0 Å². The van der Waals surface area contributed by atoms with Gasteiger partial charge in [-0.15, -0.1) is 0 Å². The highest BCUT2D eigenvalue weighted by Gasteiger charge is 2.42. The van der Waals surface area contributed by atoms with Crippen LogP contribution in [0.15, 0.2) is 0 Å². The van der Waals surface area contributed by atoms with Crippen molar-refractivity contribution in [2.75, 3.05) is 13.1 Å². The van der Waals surface area contributed by atoms with Gasteiger partial charge in [0.2, 0.25) is 0 Å². The molecule has 2 nitrogen and oxygen atoms in total. The zero-order valence-electron chi connectivity index (χ0n) is 5.75. The van der Waals surface area contributed by atoms with Crippen LogP contribution in [0.25, 0.3) is 0 Å². The van der Waals surface area contributed by atoms with Gasteiger partial charge in [0, 0.05) is 18.5 Å². The molecule has 2 rings (SSSR count). The van der Waals surface area contributed by atoms with Crippen molar-refractivity contribution in [3.05, 3.63) is 0 Å². The Kier molecular flexibility index (Phi) is 1.08. The molecular weight excluding hydrogens is 114 g/mol. The van der Waals surface area contributed by atoms with Crippen molar-refractivity contribution in [1.82, 2.24) is 4.90 Å². The van der Waals surface area contributed by atoms with Crippen LogP contribution < -0.4 is 0 Å². The van der Waals surface area contributed by atoms with Gasteiger partial charge in [-0.05, 0) is 19.9 Å². The van der Waals surface area contributed by atoms with E-state index in [-0.39, 0.29) is 6.10 Å². The van der Waals surface area contributed by atoms with Crippen molar-refractivity contribution in [3.63, 3.8) is 0 Å². The van der Waals surface area contributed by atoms with E-state index in [1.165, 1.54) is 13.0 Å². The van der Waals surface area contributed by atoms with Crippen LogP contribution in [0.3, 0.4) is 0 Å². The van der Waals surface area contributed by atoms with E-state index in [0.717, 1.165) is 6.54 Å². The average Bonchev–Trinajstić information content (AvgIpc) is 2.37. The van der Waals surface area contributed by atoms with Crippen LogP contribution in [0.5, 0.6) is 0 Å². The summed E-state index contributed by atoms with van der Waals surface area (Å²) in [5.41, 5.74) is 0. The predicted octanol–water partition coefficient (Wildman–Crippen LogP) is 0.0713. The van der Waals surface area contributed by atoms with Gasteiger partial charge in [-0.2, -0.15) is 0 Å². The van der Waals surface area contributed by atoms with Gasteiger partial charge in [0.25, 0.3) is 0 Å². The molecule has 2 saturated heterocycles. The van der Waals surface area contributed by atoms with Crippen molar-refractivity contribution in [2.45, 2.75) is 25.5 Å². The van der Waals surface area contributed by atoms with Gasteiger partial charge in [0.1, 0.15) is 0 Å². The number of fused-ring (bicyclic) bond motifs is 2. The molecule has 0 spiro atoms. The van der Waals surface area contributed by atoms with Crippen molar-refractivity contribution >= 4 is 0 Å². The molecule has 2 aliphatic heterocycles. The standard InChI is InChI=1S/C7H13NO/c1-5-7(9)6-2-3-8(5)4-6/h5-7,9H,2-4H2,1H3. The largest absolute Gasteiger partial charge is 0.391 e. The molecule has 0 aromatic rings. The van der Waals surface area contributed by atoms with Crippen LogP contribution in [0.2, 0.25) is 0 Å². The van der Waals surface area contributed by atoms with E-state index in [1.807, 2.05) is 0 Å². The first-order valence-corrected chi connectivity index (χ1v) is 3.71. The summed E-state index contributed by atoms with van der Waals surface area (Å²) in [6, 6.07) is 0.434. The Morgan fingerprint density at radius 3 is 2.67 bits per heavy atom. The summed E-state index contributed by atoms with van der Waals surface area (Å²) < 4.78 is 0. The highest BCUT2D eigenvalue weighted by Crippen LogP contribution is 2.32. The Morgan fingerprint density at radius 1 is 1.56 bits per heavy atom. The fourth-order valence-electron chi connectivity index (χ4n) is 2.07. The second-order valence-electron chi connectivity index (χ2n) is 3.27. The third kappa shape index (κ3) is 0.634. The third-order valence-electron chi connectivity index (χ3n) is 2.81. The number of piperidine rings is 1. The molecule has 9 heavy (non-hydrogen) atoms. The van der Waals surface area contributed by atoms with Gasteiger partial charge in [-0.25, -0.2) is 0 Å². The van der Waals surface area contributed by atoms with E-state index in [2.05, 4.69) is 11.8 Å². The molecule has 0 aliphatic carbocycles. The molecule has 2 heteroatoms. The number of rotatable bonds is 0. The topological polar surface area (TPSA) is 23.5 Å². The monoisotopic (exact) mass is 127 g/mol. The van der Waals surface area contributed by atoms with Crippen LogP contribution in [-0.4, -0.2) is 35.2 Å². The minimum atomic E-state index is -0.0289. The average molecular weight is 127 g/mol. The molecule has 1 N–H and O–H groups in total. The number of hydrogen-bond acceptors (Lipinski definition) is 2. The second-order valence-corrected chi connectivity index (χ2v) is 3.27. The van der Waals surface area contributed by atoms with E-state index >= 15 is 0 Å². The van der Waals surface area contributed by atoms with Crippen molar-refractivity contribution in [1.29, 1.82) is 0 Å².